The van der Waals surface area contributed by atoms with Gasteiger partial charge >= 0.3 is 0 Å². The zero-order valence-electron chi connectivity index (χ0n) is 16.6. The number of rotatable bonds is 3. The van der Waals surface area contributed by atoms with Gasteiger partial charge in [-0.2, -0.15) is 10.1 Å². The van der Waals surface area contributed by atoms with Crippen molar-refractivity contribution in [3.05, 3.63) is 63.8 Å². The summed E-state index contributed by atoms with van der Waals surface area (Å²) in [6.45, 7) is 4.04. The topological polar surface area (TPSA) is 143 Å². The smallest absolute Gasteiger partial charge is 0.265 e. The van der Waals surface area contributed by atoms with Crippen LogP contribution in [0.1, 0.15) is 38.2 Å². The predicted molar refractivity (Wildman–Crippen MR) is 112 cm³/mol. The minimum Gasteiger partial charge on any atom is -0.384 e. The molecular weight excluding hydrogens is 406 g/mol. The Morgan fingerprint density at radius 3 is 2.60 bits per heavy atom. The second-order valence-corrected chi connectivity index (χ2v) is 8.64. The van der Waals surface area contributed by atoms with E-state index in [4.69, 9.17) is 23.2 Å². The fourth-order valence-corrected chi connectivity index (χ4v) is 4.38. The van der Waals surface area contributed by atoms with Crippen LogP contribution in [0.4, 0.5) is 5.95 Å². The zero-order valence-corrected chi connectivity index (χ0v) is 17.3. The molecule has 2 aromatic rings. The van der Waals surface area contributed by atoms with Gasteiger partial charge in [0, 0.05) is 28.6 Å². The first-order valence-corrected chi connectivity index (χ1v) is 9.79. The Labute approximate surface area is 178 Å². The van der Waals surface area contributed by atoms with E-state index in [0.29, 0.717) is 35.1 Å². The molecule has 1 atom stereocenters. The number of halogens is 1. The number of benzene rings is 1. The summed E-state index contributed by atoms with van der Waals surface area (Å²) < 4.78 is 0. The van der Waals surface area contributed by atoms with Gasteiger partial charge in [0.1, 0.15) is 12.1 Å². The SMILES string of the molecule is CC1(C)CC(=O)C2=C(C1)N(c1ncn[nH]1)C(N)=C(C(=O)NN)C2c1ccc(Cl)cc1. The molecule has 1 unspecified atom stereocenters. The third kappa shape index (κ3) is 3.25. The molecule has 9 nitrogen and oxygen atoms in total. The third-order valence-electron chi connectivity index (χ3n) is 5.45. The van der Waals surface area contributed by atoms with Crippen LogP contribution < -0.4 is 21.9 Å². The molecule has 0 radical (unpaired) electrons. The molecule has 0 saturated heterocycles. The highest BCUT2D eigenvalue weighted by molar-refractivity contribution is 6.30. The van der Waals surface area contributed by atoms with Crippen LogP contribution in [0.3, 0.4) is 0 Å². The fraction of sp³-hybridized carbons (Fsp3) is 0.300. The molecule has 156 valence electrons. The summed E-state index contributed by atoms with van der Waals surface area (Å²) in [5, 5.41) is 7.22. The Bertz CT molecular complexity index is 1070. The highest BCUT2D eigenvalue weighted by Gasteiger charge is 2.46. The number of allylic oxidation sites excluding steroid dienone is 2. The number of hydrogen-bond donors (Lipinski definition) is 4. The zero-order chi connectivity index (χ0) is 21.6. The number of nitrogens with one attached hydrogen (secondary N) is 2. The van der Waals surface area contributed by atoms with E-state index in [2.05, 4.69) is 20.6 Å². The summed E-state index contributed by atoms with van der Waals surface area (Å²) >= 11 is 6.06. The number of hydrazine groups is 1. The summed E-state index contributed by atoms with van der Waals surface area (Å²) in [4.78, 5) is 32.0. The predicted octanol–water partition coefficient (Wildman–Crippen LogP) is 1.87. The van der Waals surface area contributed by atoms with Crippen molar-refractivity contribution in [3.63, 3.8) is 0 Å². The van der Waals surface area contributed by atoms with Crippen LogP contribution in [-0.4, -0.2) is 26.9 Å². The number of Topliss-reactive ketones (excluding diaryl/α,β-unsaturated/α-hetero) is 1. The first-order valence-electron chi connectivity index (χ1n) is 9.41. The van der Waals surface area contributed by atoms with E-state index in [1.165, 1.54) is 6.33 Å². The molecule has 1 aliphatic carbocycles. The lowest BCUT2D eigenvalue weighted by Gasteiger charge is -2.43. The molecule has 0 fully saturated rings. The lowest BCUT2D eigenvalue weighted by molar-refractivity contribution is -0.118. The minimum absolute atomic E-state index is 0.0551. The molecule has 10 heteroatoms. The van der Waals surface area contributed by atoms with Crippen molar-refractivity contribution >= 4 is 29.2 Å². The maximum Gasteiger partial charge on any atom is 0.265 e. The van der Waals surface area contributed by atoms with Crippen LogP contribution in [0.2, 0.25) is 5.02 Å². The van der Waals surface area contributed by atoms with Gasteiger partial charge in [-0.15, -0.1) is 0 Å². The Morgan fingerprint density at radius 1 is 1.30 bits per heavy atom. The van der Waals surface area contributed by atoms with Gasteiger partial charge in [-0.25, -0.2) is 10.9 Å². The number of nitrogens with two attached hydrogens (primary N) is 2. The minimum atomic E-state index is -0.677. The van der Waals surface area contributed by atoms with Crippen LogP contribution in [0.5, 0.6) is 0 Å². The van der Waals surface area contributed by atoms with E-state index in [-0.39, 0.29) is 22.6 Å². The summed E-state index contributed by atoms with van der Waals surface area (Å²) in [6.07, 6.45) is 2.25. The van der Waals surface area contributed by atoms with Crippen molar-refractivity contribution in [2.45, 2.75) is 32.6 Å². The number of nitrogens with zero attached hydrogens (tertiary/aromatic N) is 3. The van der Waals surface area contributed by atoms with E-state index in [0.717, 1.165) is 5.56 Å². The first-order chi connectivity index (χ1) is 14.2. The number of aromatic amines is 1. The van der Waals surface area contributed by atoms with Gasteiger partial charge < -0.3 is 5.73 Å². The van der Waals surface area contributed by atoms with Crippen LogP contribution in [-0.2, 0) is 9.59 Å². The number of aromatic nitrogens is 3. The Kier molecular flexibility index (Phi) is 4.87. The molecule has 4 rings (SSSR count). The van der Waals surface area contributed by atoms with E-state index in [1.54, 1.807) is 29.2 Å². The molecule has 30 heavy (non-hydrogen) atoms. The Hall–Kier alpha value is -3.17. The maximum absolute atomic E-state index is 13.4. The molecule has 2 heterocycles. The largest absolute Gasteiger partial charge is 0.384 e. The number of ketones is 1. The fourth-order valence-electron chi connectivity index (χ4n) is 4.25. The van der Waals surface area contributed by atoms with E-state index in [9.17, 15) is 9.59 Å². The van der Waals surface area contributed by atoms with Crippen molar-refractivity contribution in [2.75, 3.05) is 4.90 Å². The van der Waals surface area contributed by atoms with Gasteiger partial charge in [0.25, 0.3) is 5.91 Å². The van der Waals surface area contributed by atoms with Gasteiger partial charge in [0.05, 0.1) is 5.57 Å². The van der Waals surface area contributed by atoms with Crippen LogP contribution >= 0.6 is 11.6 Å². The lowest BCUT2D eigenvalue weighted by atomic mass is 9.68. The van der Waals surface area contributed by atoms with Crippen molar-refractivity contribution in [2.24, 2.45) is 17.0 Å². The Morgan fingerprint density at radius 2 is 2.00 bits per heavy atom. The van der Waals surface area contributed by atoms with Crippen molar-refractivity contribution < 1.29 is 9.59 Å². The van der Waals surface area contributed by atoms with Crippen molar-refractivity contribution in [3.8, 4) is 0 Å². The van der Waals surface area contributed by atoms with Gasteiger partial charge in [0.15, 0.2) is 5.78 Å². The normalized spacial score (nSPS) is 21.0. The van der Waals surface area contributed by atoms with Gasteiger partial charge in [-0.1, -0.05) is 37.6 Å². The summed E-state index contributed by atoms with van der Waals surface area (Å²) in [5.41, 5.74) is 10.5. The molecule has 0 spiro atoms. The van der Waals surface area contributed by atoms with E-state index >= 15 is 0 Å². The van der Waals surface area contributed by atoms with Crippen molar-refractivity contribution in [1.82, 2.24) is 20.6 Å². The monoisotopic (exact) mass is 427 g/mol. The number of carbonyl (C=O) groups is 2. The second-order valence-electron chi connectivity index (χ2n) is 8.20. The molecule has 2 aliphatic rings. The molecule has 0 saturated carbocycles. The maximum atomic E-state index is 13.4. The molecule has 1 aromatic heterocycles. The van der Waals surface area contributed by atoms with Gasteiger partial charge in [0.2, 0.25) is 5.95 Å². The quantitative estimate of drug-likeness (QED) is 0.332. The summed E-state index contributed by atoms with van der Waals surface area (Å²) in [6, 6.07) is 6.99. The molecule has 0 bridgehead atoms. The average molecular weight is 428 g/mol. The summed E-state index contributed by atoms with van der Waals surface area (Å²) in [7, 11) is 0. The highest BCUT2D eigenvalue weighted by Crippen LogP contribution is 2.49. The van der Waals surface area contributed by atoms with Crippen LogP contribution in [0.15, 0.2) is 53.3 Å². The number of H-pyrrole nitrogens is 1. The van der Waals surface area contributed by atoms with Gasteiger partial charge in [-0.05, 0) is 29.5 Å². The van der Waals surface area contributed by atoms with Gasteiger partial charge in [-0.3, -0.25) is 19.9 Å². The molecule has 1 amide bonds. The van der Waals surface area contributed by atoms with Crippen LogP contribution in [0.25, 0.3) is 0 Å². The standard InChI is InChI=1S/C20H22ClN7O2/c1-20(2)7-12-15(13(29)8-20)14(10-3-5-11(21)6-4-10)16(18(30)26-23)17(22)28(12)19-24-9-25-27-19/h3-6,9,14H,7-8,22-23H2,1-2H3,(H,26,30)(H,24,25,27). The van der Waals surface area contributed by atoms with Crippen LogP contribution in [0, 0.1) is 5.41 Å². The highest BCUT2D eigenvalue weighted by atomic mass is 35.5. The number of hydrogen-bond acceptors (Lipinski definition) is 7. The second kappa shape index (κ2) is 7.26. The molecule has 1 aromatic carbocycles. The lowest BCUT2D eigenvalue weighted by Crippen LogP contribution is -2.46. The molecule has 1 aliphatic heterocycles. The van der Waals surface area contributed by atoms with E-state index < -0.39 is 11.8 Å². The summed E-state index contributed by atoms with van der Waals surface area (Å²) in [5.74, 6) is 4.62. The third-order valence-corrected chi connectivity index (χ3v) is 5.71. The average Bonchev–Trinajstić information content (AvgIpc) is 3.20. The number of carbonyl (C=O) groups excluding carboxylic acids is 2. The molecule has 6 N–H and O–H groups in total. The Balaban J connectivity index is 2.02. The van der Waals surface area contributed by atoms with Crippen molar-refractivity contribution in [1.29, 1.82) is 0 Å². The number of amides is 1. The first kappa shape index (κ1) is 20.1. The number of anilines is 1. The van der Waals surface area contributed by atoms with E-state index in [1.807, 2.05) is 13.8 Å². The molecular formula is C20H22ClN7O2.